The minimum absolute atomic E-state index is 0.0143. The molecule has 1 fully saturated rings. The molecule has 1 aromatic carbocycles. The summed E-state index contributed by atoms with van der Waals surface area (Å²) < 4.78 is 0. The molecule has 1 saturated heterocycles. The topological polar surface area (TPSA) is 71.2 Å². The molecule has 2 aromatic rings. The summed E-state index contributed by atoms with van der Waals surface area (Å²) in [6, 6.07) is 12.2. The normalized spacial score (nSPS) is 23.6. The molecule has 1 aromatic heterocycles. The van der Waals surface area contributed by atoms with E-state index in [0.717, 1.165) is 37.2 Å². The minimum atomic E-state index is -0.214. The van der Waals surface area contributed by atoms with Gasteiger partial charge in [-0.3, -0.25) is 9.78 Å². The van der Waals surface area contributed by atoms with E-state index in [4.69, 9.17) is 5.73 Å². The van der Waals surface area contributed by atoms with E-state index in [1.807, 2.05) is 32.3 Å². The molecule has 2 unspecified atom stereocenters. The molecule has 2 aliphatic rings. The molecule has 1 amide bonds. The standard InChI is InChI=1S/C21H26N4O/c1-25(2)20(26)18-15-5-3-4-6-16(15)21(8-11-23-12-9-21)19(18)17-13-14(22)7-10-24-17/h3-7,10,13,18-19,23H,8-9,11-12H2,1-2H3,(H2,22,24). The fourth-order valence-corrected chi connectivity index (χ4v) is 4.98. The number of fused-ring (bicyclic) bond motifs is 2. The van der Waals surface area contributed by atoms with Crippen LogP contribution in [0.15, 0.2) is 42.6 Å². The highest BCUT2D eigenvalue weighted by Gasteiger charge is 2.55. The Bertz CT molecular complexity index is 826. The van der Waals surface area contributed by atoms with Crippen LogP contribution in [0.5, 0.6) is 0 Å². The van der Waals surface area contributed by atoms with Gasteiger partial charge >= 0.3 is 0 Å². The van der Waals surface area contributed by atoms with Crippen molar-refractivity contribution in [2.45, 2.75) is 30.1 Å². The largest absolute Gasteiger partial charge is 0.399 e. The van der Waals surface area contributed by atoms with Crippen molar-refractivity contribution in [3.05, 3.63) is 59.4 Å². The number of nitrogens with one attached hydrogen (secondary N) is 1. The lowest BCUT2D eigenvalue weighted by atomic mass is 9.65. The molecule has 136 valence electrons. The molecule has 26 heavy (non-hydrogen) atoms. The van der Waals surface area contributed by atoms with Gasteiger partial charge in [-0.25, -0.2) is 0 Å². The Morgan fingerprint density at radius 2 is 1.96 bits per heavy atom. The van der Waals surface area contributed by atoms with E-state index >= 15 is 0 Å². The van der Waals surface area contributed by atoms with Gasteiger partial charge in [-0.2, -0.15) is 0 Å². The number of amides is 1. The Balaban J connectivity index is 1.95. The van der Waals surface area contributed by atoms with Crippen LogP contribution in [0.4, 0.5) is 5.69 Å². The quantitative estimate of drug-likeness (QED) is 0.871. The molecule has 2 heterocycles. The van der Waals surface area contributed by atoms with Gasteiger partial charge in [0.15, 0.2) is 0 Å². The van der Waals surface area contributed by atoms with Crippen molar-refractivity contribution in [1.82, 2.24) is 15.2 Å². The molecule has 0 saturated carbocycles. The number of aromatic nitrogens is 1. The number of benzene rings is 1. The molecule has 2 atom stereocenters. The van der Waals surface area contributed by atoms with Crippen LogP contribution in [0.25, 0.3) is 0 Å². The maximum atomic E-state index is 13.3. The van der Waals surface area contributed by atoms with E-state index in [2.05, 4.69) is 28.5 Å². The molecule has 4 rings (SSSR count). The maximum Gasteiger partial charge on any atom is 0.230 e. The molecule has 5 heteroatoms. The van der Waals surface area contributed by atoms with E-state index in [1.54, 1.807) is 11.1 Å². The van der Waals surface area contributed by atoms with Crippen molar-refractivity contribution in [2.75, 3.05) is 32.9 Å². The smallest absolute Gasteiger partial charge is 0.230 e. The second-order valence-corrected chi connectivity index (χ2v) is 7.70. The number of hydrogen-bond donors (Lipinski definition) is 2. The predicted octanol–water partition coefficient (Wildman–Crippen LogP) is 2.25. The average molecular weight is 350 g/mol. The first-order valence-electron chi connectivity index (χ1n) is 9.27. The summed E-state index contributed by atoms with van der Waals surface area (Å²) in [5.41, 5.74) is 10.1. The molecule has 1 spiro atoms. The summed E-state index contributed by atoms with van der Waals surface area (Å²) in [6.07, 6.45) is 3.77. The number of carbonyl (C=O) groups excluding carboxylic acids is 1. The molecule has 0 bridgehead atoms. The number of carbonyl (C=O) groups is 1. The first-order valence-corrected chi connectivity index (χ1v) is 9.27. The Labute approximate surface area is 154 Å². The van der Waals surface area contributed by atoms with Crippen LogP contribution in [-0.2, 0) is 10.2 Å². The lowest BCUT2D eigenvalue weighted by Gasteiger charge is -2.41. The van der Waals surface area contributed by atoms with Crippen LogP contribution in [0, 0.1) is 0 Å². The third-order valence-corrected chi connectivity index (χ3v) is 6.09. The number of nitrogen functional groups attached to an aromatic ring is 1. The Morgan fingerprint density at radius 1 is 1.23 bits per heavy atom. The van der Waals surface area contributed by atoms with Gasteiger partial charge < -0.3 is 16.0 Å². The van der Waals surface area contributed by atoms with Crippen molar-refractivity contribution in [2.24, 2.45) is 0 Å². The predicted molar refractivity (Wildman–Crippen MR) is 103 cm³/mol. The highest BCUT2D eigenvalue weighted by Crippen LogP contribution is 2.59. The summed E-state index contributed by atoms with van der Waals surface area (Å²) in [4.78, 5) is 19.6. The minimum Gasteiger partial charge on any atom is -0.399 e. The zero-order valence-corrected chi connectivity index (χ0v) is 15.4. The summed E-state index contributed by atoms with van der Waals surface area (Å²) >= 11 is 0. The Kier molecular flexibility index (Phi) is 4.19. The van der Waals surface area contributed by atoms with Gasteiger partial charge in [0.25, 0.3) is 0 Å². The lowest BCUT2D eigenvalue weighted by molar-refractivity contribution is -0.131. The van der Waals surface area contributed by atoms with Crippen LogP contribution < -0.4 is 11.1 Å². The summed E-state index contributed by atoms with van der Waals surface area (Å²) in [7, 11) is 3.67. The molecule has 1 aliphatic heterocycles. The molecule has 5 nitrogen and oxygen atoms in total. The van der Waals surface area contributed by atoms with E-state index in [0.29, 0.717) is 5.69 Å². The Hall–Kier alpha value is -2.40. The molecule has 1 aliphatic carbocycles. The number of piperidine rings is 1. The van der Waals surface area contributed by atoms with Crippen molar-refractivity contribution in [1.29, 1.82) is 0 Å². The third kappa shape index (κ3) is 2.50. The number of rotatable bonds is 2. The number of likely N-dealkylation sites (N-methyl/N-ethyl adjacent to an activating group) is 1. The van der Waals surface area contributed by atoms with Crippen molar-refractivity contribution >= 4 is 11.6 Å². The maximum absolute atomic E-state index is 13.3. The van der Waals surface area contributed by atoms with Crippen molar-refractivity contribution in [3.63, 3.8) is 0 Å². The number of anilines is 1. The monoisotopic (exact) mass is 350 g/mol. The van der Waals surface area contributed by atoms with Crippen LogP contribution in [-0.4, -0.2) is 43.0 Å². The number of nitrogens with zero attached hydrogens (tertiary/aromatic N) is 2. The molecular weight excluding hydrogens is 324 g/mol. The van der Waals surface area contributed by atoms with Gasteiger partial charge in [0.05, 0.1) is 5.92 Å². The van der Waals surface area contributed by atoms with Gasteiger partial charge in [0.1, 0.15) is 0 Å². The highest BCUT2D eigenvalue weighted by molar-refractivity contribution is 5.87. The number of nitrogens with two attached hydrogens (primary N) is 1. The molecule has 0 radical (unpaired) electrons. The van der Waals surface area contributed by atoms with E-state index in [-0.39, 0.29) is 23.2 Å². The molecular formula is C21H26N4O. The zero-order valence-electron chi connectivity index (χ0n) is 15.4. The molecule has 3 N–H and O–H groups in total. The van der Waals surface area contributed by atoms with Gasteiger partial charge in [-0.05, 0) is 49.2 Å². The Morgan fingerprint density at radius 3 is 2.65 bits per heavy atom. The van der Waals surface area contributed by atoms with Crippen molar-refractivity contribution < 1.29 is 4.79 Å². The van der Waals surface area contributed by atoms with Crippen LogP contribution in [0.3, 0.4) is 0 Å². The zero-order chi connectivity index (χ0) is 18.3. The van der Waals surface area contributed by atoms with Crippen molar-refractivity contribution in [3.8, 4) is 0 Å². The average Bonchev–Trinajstić information content (AvgIpc) is 2.92. The first-order chi connectivity index (χ1) is 12.5. The summed E-state index contributed by atoms with van der Waals surface area (Å²) in [5.74, 6) is -0.0592. The summed E-state index contributed by atoms with van der Waals surface area (Å²) in [5, 5.41) is 3.48. The van der Waals surface area contributed by atoms with E-state index in [9.17, 15) is 4.79 Å². The van der Waals surface area contributed by atoms with Gasteiger partial charge in [0, 0.05) is 43.0 Å². The second kappa shape index (κ2) is 6.40. The van der Waals surface area contributed by atoms with E-state index < -0.39 is 0 Å². The lowest BCUT2D eigenvalue weighted by Crippen LogP contribution is -2.44. The number of pyridine rings is 1. The van der Waals surface area contributed by atoms with Gasteiger partial charge in [-0.15, -0.1) is 0 Å². The second-order valence-electron chi connectivity index (χ2n) is 7.70. The van der Waals surface area contributed by atoms with Crippen LogP contribution in [0.1, 0.15) is 41.5 Å². The SMILES string of the molecule is CN(C)C(=O)C1c2ccccc2C2(CCNCC2)C1c1cc(N)ccn1. The fourth-order valence-electron chi connectivity index (χ4n) is 4.98. The third-order valence-electron chi connectivity index (χ3n) is 6.09. The first kappa shape index (κ1) is 17.0. The summed E-state index contributed by atoms with van der Waals surface area (Å²) in [6.45, 7) is 1.91. The van der Waals surface area contributed by atoms with Gasteiger partial charge in [0.2, 0.25) is 5.91 Å². The highest BCUT2D eigenvalue weighted by atomic mass is 16.2. The number of hydrogen-bond acceptors (Lipinski definition) is 4. The van der Waals surface area contributed by atoms with Gasteiger partial charge in [-0.1, -0.05) is 24.3 Å². The van der Waals surface area contributed by atoms with Crippen LogP contribution >= 0.6 is 0 Å². The van der Waals surface area contributed by atoms with E-state index in [1.165, 1.54) is 5.56 Å². The fraction of sp³-hybridized carbons (Fsp3) is 0.429. The van der Waals surface area contributed by atoms with Crippen LogP contribution in [0.2, 0.25) is 0 Å².